The van der Waals surface area contributed by atoms with Crippen molar-refractivity contribution in [2.24, 2.45) is 5.84 Å². The summed E-state index contributed by atoms with van der Waals surface area (Å²) in [6.07, 6.45) is 0. The highest BCUT2D eigenvalue weighted by molar-refractivity contribution is 7.99. The third-order valence-corrected chi connectivity index (χ3v) is 4.59. The molecule has 0 aliphatic rings. The lowest BCUT2D eigenvalue weighted by Crippen LogP contribution is -2.11. The van der Waals surface area contributed by atoms with Crippen molar-refractivity contribution in [1.82, 2.24) is 15.0 Å². The highest BCUT2D eigenvalue weighted by Gasteiger charge is 2.29. The minimum atomic E-state index is -0.561. The first-order chi connectivity index (χ1) is 12.3. The fourth-order valence-electron chi connectivity index (χ4n) is 2.58. The summed E-state index contributed by atoms with van der Waals surface area (Å²) in [5, 5.41) is 12.1. The van der Waals surface area contributed by atoms with Crippen LogP contribution in [0.2, 0.25) is 0 Å². The predicted octanol–water partition coefficient (Wildman–Crippen LogP) is 3.29. The Morgan fingerprint density at radius 1 is 0.962 bits per heavy atom. The van der Waals surface area contributed by atoms with Crippen molar-refractivity contribution < 1.29 is 9.79 Å². The molecule has 0 amide bonds. The summed E-state index contributed by atoms with van der Waals surface area (Å²) >= 11 is 1.10. The molecule has 2 heterocycles. The van der Waals surface area contributed by atoms with Crippen LogP contribution in [0.3, 0.4) is 0 Å². The van der Waals surface area contributed by atoms with Gasteiger partial charge in [0.1, 0.15) is 4.90 Å². The van der Waals surface area contributed by atoms with Gasteiger partial charge in [-0.25, -0.2) is 9.97 Å². The molecule has 0 saturated heterocycles. The SMILES string of the molecule is Cc1cc(C)nc(Sc2c([N+](N)=O)cc([N+](=O)[O-])c3ccc(C)nc23)n1. The number of hydrogen-bond acceptors (Lipinski definition) is 7. The number of nitro groups is 1. The maximum Gasteiger partial charge on any atom is 0.314 e. The van der Waals surface area contributed by atoms with Crippen LogP contribution in [-0.2, 0) is 0 Å². The molecule has 9 nitrogen and oxygen atoms in total. The Hall–Kier alpha value is -3.14. The van der Waals surface area contributed by atoms with E-state index < -0.39 is 4.92 Å². The van der Waals surface area contributed by atoms with Crippen LogP contribution < -0.4 is 5.84 Å². The first-order valence-electron chi connectivity index (χ1n) is 7.57. The summed E-state index contributed by atoms with van der Waals surface area (Å²) < 4.78 is 0. The number of aryl methyl sites for hydroxylation is 3. The standard InChI is InChI=1S/C16H15N6O3S/c1-8-4-5-11-12(22(24)25)7-13(21(17)23)15(14(11)18-8)26-16-19-9(2)6-10(3)20-16/h4-7H,1-3H3,(H2,17,23)/q+1. The zero-order valence-corrected chi connectivity index (χ0v) is 15.1. The monoisotopic (exact) mass is 371 g/mol. The van der Waals surface area contributed by atoms with Gasteiger partial charge in [-0.1, -0.05) is 0 Å². The van der Waals surface area contributed by atoms with Crippen molar-refractivity contribution in [3.63, 3.8) is 0 Å². The molecule has 10 heteroatoms. The van der Waals surface area contributed by atoms with Crippen LogP contribution in [0.1, 0.15) is 17.1 Å². The second-order valence-corrected chi connectivity index (χ2v) is 6.69. The minimum Gasteiger partial charge on any atom is -0.258 e. The molecule has 1 aromatic carbocycles. The van der Waals surface area contributed by atoms with Gasteiger partial charge in [0.2, 0.25) is 0 Å². The maximum absolute atomic E-state index is 11.9. The van der Waals surface area contributed by atoms with Gasteiger partial charge < -0.3 is 0 Å². The van der Waals surface area contributed by atoms with Crippen LogP contribution in [0, 0.1) is 35.8 Å². The van der Waals surface area contributed by atoms with E-state index >= 15 is 0 Å². The van der Waals surface area contributed by atoms with E-state index in [2.05, 4.69) is 15.0 Å². The van der Waals surface area contributed by atoms with E-state index in [0.29, 0.717) is 26.6 Å². The van der Waals surface area contributed by atoms with E-state index in [1.165, 1.54) is 0 Å². The lowest BCUT2D eigenvalue weighted by molar-refractivity contribution is -0.477. The first-order valence-corrected chi connectivity index (χ1v) is 8.38. The summed E-state index contributed by atoms with van der Waals surface area (Å²) in [4.78, 5) is 36.3. The number of hydrazine groups is 1. The van der Waals surface area contributed by atoms with Gasteiger partial charge in [-0.2, -0.15) is 5.84 Å². The number of rotatable bonds is 4. The van der Waals surface area contributed by atoms with E-state index in [9.17, 15) is 15.0 Å². The zero-order valence-electron chi connectivity index (χ0n) is 14.3. The number of aromatic nitrogens is 3. The molecule has 2 aromatic heterocycles. The molecule has 0 atom stereocenters. The van der Waals surface area contributed by atoms with Crippen molar-refractivity contribution in [3.8, 4) is 0 Å². The third-order valence-electron chi connectivity index (χ3n) is 3.62. The smallest absolute Gasteiger partial charge is 0.258 e. The van der Waals surface area contributed by atoms with Gasteiger partial charge in [-0.05, 0) is 50.7 Å². The number of fused-ring (bicyclic) bond motifs is 1. The van der Waals surface area contributed by atoms with E-state index in [-0.39, 0.29) is 16.2 Å². The Kier molecular flexibility index (Phi) is 4.51. The highest BCUT2D eigenvalue weighted by Crippen LogP contribution is 2.42. The topological polar surface area (TPSA) is 128 Å². The van der Waals surface area contributed by atoms with Gasteiger partial charge in [0.25, 0.3) is 5.69 Å². The van der Waals surface area contributed by atoms with Crippen molar-refractivity contribution in [3.05, 3.63) is 56.4 Å². The zero-order chi connectivity index (χ0) is 19.0. The van der Waals surface area contributed by atoms with E-state index in [0.717, 1.165) is 29.2 Å². The molecule has 0 bridgehead atoms. The summed E-state index contributed by atoms with van der Waals surface area (Å²) in [6, 6.07) is 6.26. The van der Waals surface area contributed by atoms with Crippen molar-refractivity contribution in [2.45, 2.75) is 30.8 Å². The van der Waals surface area contributed by atoms with Crippen LogP contribution in [-0.4, -0.2) is 24.7 Å². The lowest BCUT2D eigenvalue weighted by Gasteiger charge is -2.07. The molecule has 0 fully saturated rings. The molecule has 0 saturated carbocycles. The number of nitro benzene ring substituents is 1. The van der Waals surface area contributed by atoms with E-state index in [1.807, 2.05) is 19.9 Å². The molecule has 0 aliphatic heterocycles. The number of nitrogens with two attached hydrogens (primary N) is 1. The summed E-state index contributed by atoms with van der Waals surface area (Å²) in [5.41, 5.74) is 2.21. The summed E-state index contributed by atoms with van der Waals surface area (Å²) in [6.45, 7) is 5.43. The molecule has 3 rings (SSSR count). The summed E-state index contributed by atoms with van der Waals surface area (Å²) in [7, 11) is 0. The van der Waals surface area contributed by atoms with Crippen LogP contribution in [0.15, 0.2) is 34.3 Å². The van der Waals surface area contributed by atoms with Gasteiger partial charge in [0.05, 0.1) is 26.8 Å². The first kappa shape index (κ1) is 17.7. The lowest BCUT2D eigenvalue weighted by atomic mass is 10.1. The van der Waals surface area contributed by atoms with Gasteiger partial charge in [-0.15, -0.1) is 0 Å². The number of benzene rings is 1. The third kappa shape index (κ3) is 3.31. The molecule has 26 heavy (non-hydrogen) atoms. The van der Waals surface area contributed by atoms with E-state index in [1.54, 1.807) is 19.1 Å². The maximum atomic E-state index is 11.9. The number of pyridine rings is 1. The molecule has 0 aliphatic carbocycles. The van der Waals surface area contributed by atoms with Crippen LogP contribution in [0.25, 0.3) is 10.9 Å². The predicted molar refractivity (Wildman–Crippen MR) is 96.2 cm³/mol. The Morgan fingerprint density at radius 3 is 2.19 bits per heavy atom. The van der Waals surface area contributed by atoms with Crippen molar-refractivity contribution in [1.29, 1.82) is 0 Å². The van der Waals surface area contributed by atoms with E-state index in [4.69, 9.17) is 5.84 Å². The largest absolute Gasteiger partial charge is 0.314 e. The van der Waals surface area contributed by atoms with Crippen LogP contribution in [0.5, 0.6) is 0 Å². The quantitative estimate of drug-likeness (QED) is 0.243. The second kappa shape index (κ2) is 6.64. The fraction of sp³-hybridized carbons (Fsp3) is 0.188. The highest BCUT2D eigenvalue weighted by atomic mass is 32.2. The molecular weight excluding hydrogens is 356 g/mol. The Labute approximate surface area is 152 Å². The molecule has 3 aromatic rings. The Bertz CT molecular complexity index is 1050. The molecule has 132 valence electrons. The Balaban J connectivity index is 2.33. The normalized spacial score (nSPS) is 10.9. The average Bonchev–Trinajstić information content (AvgIpc) is 2.53. The number of non-ortho nitro benzene ring substituents is 1. The van der Waals surface area contributed by atoms with Crippen molar-refractivity contribution >= 4 is 34.0 Å². The minimum absolute atomic E-state index is 0.0601. The van der Waals surface area contributed by atoms with Crippen molar-refractivity contribution in [2.75, 3.05) is 0 Å². The van der Waals surface area contributed by atoms with Crippen LogP contribution in [0.4, 0.5) is 11.4 Å². The molecule has 0 spiro atoms. The molecular formula is C16H15N6O3S+. The molecule has 0 radical (unpaired) electrons. The van der Waals surface area contributed by atoms with Gasteiger partial charge >= 0.3 is 5.69 Å². The Morgan fingerprint density at radius 2 is 1.62 bits per heavy atom. The van der Waals surface area contributed by atoms with Gasteiger partial charge in [-0.3, -0.25) is 15.1 Å². The number of nitrogens with zero attached hydrogens (tertiary/aromatic N) is 5. The molecule has 0 unspecified atom stereocenters. The second-order valence-electron chi connectivity index (χ2n) is 5.71. The number of hydrogen-bond donors (Lipinski definition) is 1. The summed E-state index contributed by atoms with van der Waals surface area (Å²) in [5.74, 6) is 5.40. The fourth-order valence-corrected chi connectivity index (χ4v) is 3.64. The van der Waals surface area contributed by atoms with Gasteiger partial charge in [0, 0.05) is 17.1 Å². The van der Waals surface area contributed by atoms with Gasteiger partial charge in [0.15, 0.2) is 10.0 Å². The van der Waals surface area contributed by atoms with Crippen LogP contribution >= 0.6 is 11.8 Å². The average molecular weight is 371 g/mol. The molecule has 2 N–H and O–H groups in total. The number of nitroso groups, excluding NO2 is 1.